The summed E-state index contributed by atoms with van der Waals surface area (Å²) in [6.45, 7) is 0. The summed E-state index contributed by atoms with van der Waals surface area (Å²) < 4.78 is 48.6. The Morgan fingerprint density at radius 3 is 2.50 bits per heavy atom. The maximum atomic E-state index is 12.7. The van der Waals surface area contributed by atoms with Gasteiger partial charge >= 0.3 is 6.18 Å². The standard InChI is InChI=1S/C12H12ClF3O2/c1-17-11-8(13)6-10(11)18-9-5-3-2-4-7(9)12(14,15)16/h2-5,8,10-11H,6H2,1H3. The Hall–Kier alpha value is -0.940. The van der Waals surface area contributed by atoms with Crippen molar-refractivity contribution in [2.75, 3.05) is 7.11 Å². The van der Waals surface area contributed by atoms with Gasteiger partial charge in [0.05, 0.1) is 10.9 Å². The molecule has 1 aliphatic rings. The second kappa shape index (κ2) is 4.97. The first-order valence-electron chi connectivity index (χ1n) is 5.43. The minimum Gasteiger partial charge on any atom is -0.487 e. The second-order valence-electron chi connectivity index (χ2n) is 4.10. The van der Waals surface area contributed by atoms with E-state index in [-0.39, 0.29) is 17.2 Å². The van der Waals surface area contributed by atoms with Gasteiger partial charge in [0, 0.05) is 13.5 Å². The third-order valence-corrected chi connectivity index (χ3v) is 3.35. The molecular weight excluding hydrogens is 269 g/mol. The minimum absolute atomic E-state index is 0.180. The van der Waals surface area contributed by atoms with Crippen molar-refractivity contribution in [2.24, 2.45) is 0 Å². The van der Waals surface area contributed by atoms with Gasteiger partial charge in [-0.05, 0) is 12.1 Å². The van der Waals surface area contributed by atoms with Gasteiger partial charge in [0.1, 0.15) is 18.0 Å². The van der Waals surface area contributed by atoms with E-state index in [1.54, 1.807) is 0 Å². The van der Waals surface area contributed by atoms with Crippen LogP contribution < -0.4 is 4.74 Å². The highest BCUT2D eigenvalue weighted by molar-refractivity contribution is 6.21. The van der Waals surface area contributed by atoms with Crippen LogP contribution >= 0.6 is 11.6 Å². The molecular formula is C12H12ClF3O2. The molecule has 0 N–H and O–H groups in total. The summed E-state index contributed by atoms with van der Waals surface area (Å²) >= 11 is 5.88. The predicted octanol–water partition coefficient (Wildman–Crippen LogP) is 3.48. The molecule has 1 saturated carbocycles. The third kappa shape index (κ3) is 2.57. The van der Waals surface area contributed by atoms with E-state index < -0.39 is 17.8 Å². The van der Waals surface area contributed by atoms with Gasteiger partial charge in [0.2, 0.25) is 0 Å². The lowest BCUT2D eigenvalue weighted by Gasteiger charge is -2.40. The molecule has 1 aliphatic carbocycles. The maximum Gasteiger partial charge on any atom is 0.419 e. The van der Waals surface area contributed by atoms with Crippen molar-refractivity contribution < 1.29 is 22.6 Å². The second-order valence-corrected chi connectivity index (χ2v) is 4.66. The van der Waals surface area contributed by atoms with Crippen LogP contribution in [-0.4, -0.2) is 24.7 Å². The molecule has 3 atom stereocenters. The average molecular weight is 281 g/mol. The molecule has 0 amide bonds. The van der Waals surface area contributed by atoms with Crippen molar-refractivity contribution in [1.29, 1.82) is 0 Å². The molecule has 0 spiro atoms. The summed E-state index contributed by atoms with van der Waals surface area (Å²) in [6.07, 6.45) is -4.75. The highest BCUT2D eigenvalue weighted by Crippen LogP contribution is 2.39. The summed E-state index contributed by atoms with van der Waals surface area (Å²) in [5.41, 5.74) is -0.780. The first kappa shape index (κ1) is 13.5. The lowest BCUT2D eigenvalue weighted by atomic mass is 9.91. The van der Waals surface area contributed by atoms with Gasteiger partial charge in [-0.15, -0.1) is 11.6 Å². The largest absolute Gasteiger partial charge is 0.487 e. The number of hydrogen-bond donors (Lipinski definition) is 0. The van der Waals surface area contributed by atoms with Crippen LogP contribution in [0, 0.1) is 0 Å². The monoisotopic (exact) mass is 280 g/mol. The Morgan fingerprint density at radius 1 is 1.28 bits per heavy atom. The fourth-order valence-corrected chi connectivity index (χ4v) is 2.35. The minimum atomic E-state index is -4.43. The Morgan fingerprint density at radius 2 is 1.94 bits per heavy atom. The van der Waals surface area contributed by atoms with Crippen LogP contribution in [0.25, 0.3) is 0 Å². The van der Waals surface area contributed by atoms with E-state index in [0.29, 0.717) is 6.42 Å². The van der Waals surface area contributed by atoms with E-state index in [1.807, 2.05) is 0 Å². The molecule has 0 aromatic heterocycles. The molecule has 0 aliphatic heterocycles. The van der Waals surface area contributed by atoms with E-state index in [0.717, 1.165) is 6.07 Å². The van der Waals surface area contributed by atoms with Gasteiger partial charge in [0.25, 0.3) is 0 Å². The molecule has 6 heteroatoms. The number of alkyl halides is 4. The lowest BCUT2D eigenvalue weighted by molar-refractivity contribution is -0.141. The predicted molar refractivity (Wildman–Crippen MR) is 60.9 cm³/mol. The van der Waals surface area contributed by atoms with Crippen molar-refractivity contribution in [2.45, 2.75) is 30.2 Å². The lowest BCUT2D eigenvalue weighted by Crippen LogP contribution is -2.52. The summed E-state index contributed by atoms with van der Waals surface area (Å²) in [6, 6.07) is 5.13. The molecule has 2 nitrogen and oxygen atoms in total. The zero-order valence-electron chi connectivity index (χ0n) is 9.58. The Labute approximate surface area is 108 Å². The molecule has 0 radical (unpaired) electrons. The highest BCUT2D eigenvalue weighted by atomic mass is 35.5. The van der Waals surface area contributed by atoms with Crippen LogP contribution in [0.3, 0.4) is 0 Å². The summed E-state index contributed by atoms with van der Waals surface area (Å²) in [5.74, 6) is -0.180. The van der Waals surface area contributed by atoms with Crippen LogP contribution in [-0.2, 0) is 10.9 Å². The molecule has 1 aromatic rings. The van der Waals surface area contributed by atoms with Crippen molar-refractivity contribution in [3.05, 3.63) is 29.8 Å². The summed E-state index contributed by atoms with van der Waals surface area (Å²) in [5, 5.41) is -0.210. The van der Waals surface area contributed by atoms with Gasteiger partial charge in [-0.2, -0.15) is 13.2 Å². The quantitative estimate of drug-likeness (QED) is 0.789. The van der Waals surface area contributed by atoms with Crippen LogP contribution in [0.2, 0.25) is 0 Å². The average Bonchev–Trinajstić information content (AvgIpc) is 2.28. The summed E-state index contributed by atoms with van der Waals surface area (Å²) in [4.78, 5) is 0. The zero-order valence-corrected chi connectivity index (χ0v) is 10.3. The fourth-order valence-electron chi connectivity index (χ4n) is 1.91. The van der Waals surface area contributed by atoms with Gasteiger partial charge in [-0.1, -0.05) is 12.1 Å². The summed E-state index contributed by atoms with van der Waals surface area (Å²) in [7, 11) is 1.46. The number of ether oxygens (including phenoxy) is 2. The SMILES string of the molecule is COC1C(Cl)CC1Oc1ccccc1C(F)(F)F. The van der Waals surface area contributed by atoms with E-state index in [1.165, 1.54) is 25.3 Å². The molecule has 1 fully saturated rings. The van der Waals surface area contributed by atoms with E-state index in [2.05, 4.69) is 0 Å². The zero-order chi connectivity index (χ0) is 13.3. The van der Waals surface area contributed by atoms with Crippen LogP contribution in [0.5, 0.6) is 5.75 Å². The first-order valence-corrected chi connectivity index (χ1v) is 5.87. The molecule has 0 saturated heterocycles. The van der Waals surface area contributed by atoms with E-state index in [4.69, 9.17) is 21.1 Å². The molecule has 100 valence electrons. The van der Waals surface area contributed by atoms with E-state index in [9.17, 15) is 13.2 Å². The number of hydrogen-bond acceptors (Lipinski definition) is 2. The van der Waals surface area contributed by atoms with Crippen LogP contribution in [0.15, 0.2) is 24.3 Å². The normalized spacial score (nSPS) is 27.7. The van der Waals surface area contributed by atoms with Crippen molar-refractivity contribution in [1.82, 2.24) is 0 Å². The Kier molecular flexibility index (Phi) is 3.73. The number of halogens is 4. The van der Waals surface area contributed by atoms with Gasteiger partial charge < -0.3 is 9.47 Å². The van der Waals surface area contributed by atoms with Gasteiger partial charge in [-0.25, -0.2) is 0 Å². The van der Waals surface area contributed by atoms with Crippen molar-refractivity contribution in [3.63, 3.8) is 0 Å². The topological polar surface area (TPSA) is 18.5 Å². The molecule has 0 bridgehead atoms. The highest BCUT2D eigenvalue weighted by Gasteiger charge is 2.43. The van der Waals surface area contributed by atoms with Crippen LogP contribution in [0.1, 0.15) is 12.0 Å². The van der Waals surface area contributed by atoms with Gasteiger partial charge in [-0.3, -0.25) is 0 Å². The third-order valence-electron chi connectivity index (χ3n) is 2.92. The Balaban J connectivity index is 2.15. The number of rotatable bonds is 3. The molecule has 3 unspecified atom stereocenters. The fraction of sp³-hybridized carbons (Fsp3) is 0.500. The van der Waals surface area contributed by atoms with Crippen LogP contribution in [0.4, 0.5) is 13.2 Å². The van der Waals surface area contributed by atoms with E-state index >= 15 is 0 Å². The van der Waals surface area contributed by atoms with Crippen molar-refractivity contribution in [3.8, 4) is 5.75 Å². The number of para-hydroxylation sites is 1. The number of methoxy groups -OCH3 is 1. The number of benzene rings is 1. The molecule has 1 aromatic carbocycles. The first-order chi connectivity index (χ1) is 8.43. The molecule has 18 heavy (non-hydrogen) atoms. The smallest absolute Gasteiger partial charge is 0.419 e. The molecule has 0 heterocycles. The van der Waals surface area contributed by atoms with Crippen molar-refractivity contribution >= 4 is 11.6 Å². The maximum absolute atomic E-state index is 12.7. The Bertz CT molecular complexity index is 422. The van der Waals surface area contributed by atoms with Gasteiger partial charge in [0.15, 0.2) is 0 Å². The molecule has 2 rings (SSSR count).